The Labute approximate surface area is 318 Å². The Hall–Kier alpha value is -5.44. The summed E-state index contributed by atoms with van der Waals surface area (Å²) in [5.74, 6) is -0.219. The number of piperazine rings is 1. The number of benzene rings is 2. The number of aromatic nitrogens is 3. The molecule has 2 fully saturated rings. The maximum absolute atomic E-state index is 12.3. The third-order valence-electron chi connectivity index (χ3n) is 10.7. The monoisotopic (exact) mass is 750 g/mol. The van der Waals surface area contributed by atoms with Crippen molar-refractivity contribution in [1.29, 1.82) is 0 Å². The van der Waals surface area contributed by atoms with Crippen LogP contribution in [0.1, 0.15) is 51.8 Å². The molecule has 15 heteroatoms. The number of primary amides is 1. The molecule has 0 bridgehead atoms. The first-order valence-corrected chi connectivity index (χ1v) is 18.7. The van der Waals surface area contributed by atoms with E-state index in [0.29, 0.717) is 41.7 Å². The number of pyridine rings is 1. The zero-order valence-electron chi connectivity index (χ0n) is 30.1. The fourth-order valence-corrected chi connectivity index (χ4v) is 8.16. The molecule has 2 aromatic carbocycles. The Morgan fingerprint density at radius 3 is 2.59 bits per heavy atom. The minimum Gasteiger partial charge on any atom is -0.492 e. The summed E-state index contributed by atoms with van der Waals surface area (Å²) in [6.45, 7) is 6.79. The zero-order valence-corrected chi connectivity index (χ0v) is 30.8. The second-order valence-corrected chi connectivity index (χ2v) is 14.4. The van der Waals surface area contributed by atoms with Gasteiger partial charge in [-0.05, 0) is 59.9 Å². The highest BCUT2D eigenvalue weighted by Crippen LogP contribution is 2.38. The second kappa shape index (κ2) is 15.1. The fraction of sp³-hybridized carbons (Fsp3) is 0.359. The third-order valence-corrected chi connectivity index (χ3v) is 11.1. The maximum atomic E-state index is 12.3. The van der Waals surface area contributed by atoms with Crippen molar-refractivity contribution in [2.75, 3.05) is 63.2 Å². The highest BCUT2D eigenvalue weighted by Gasteiger charge is 2.33. The van der Waals surface area contributed by atoms with Crippen LogP contribution in [0.2, 0.25) is 5.02 Å². The molecule has 0 aliphatic carbocycles. The minimum atomic E-state index is -0.541. The van der Waals surface area contributed by atoms with Crippen LogP contribution in [0.4, 0.5) is 5.69 Å². The summed E-state index contributed by atoms with van der Waals surface area (Å²) in [5, 5.41) is 6.08. The number of carbonyl (C=O) groups excluding carboxylic acids is 3. The van der Waals surface area contributed by atoms with Crippen molar-refractivity contribution in [3.63, 3.8) is 0 Å². The summed E-state index contributed by atoms with van der Waals surface area (Å²) in [7, 11) is 1.84. The van der Waals surface area contributed by atoms with Crippen LogP contribution in [0.3, 0.4) is 0 Å². The smallest absolute Gasteiger partial charge is 0.268 e. The topological polar surface area (TPSA) is 163 Å². The quantitative estimate of drug-likeness (QED) is 0.167. The molecule has 4 aromatic rings. The Bertz CT molecular complexity index is 2110. The molecule has 6 heterocycles. The summed E-state index contributed by atoms with van der Waals surface area (Å²) in [6.07, 6.45) is 7.00. The first-order valence-electron chi connectivity index (χ1n) is 18.3. The van der Waals surface area contributed by atoms with Gasteiger partial charge in [0.15, 0.2) is 5.82 Å². The SMILES string of the molecule is CNC1=CC(N2CCc3c(-c4ccc(CN5CCN(CCOc6ccc(C7CCC(=O)NC7=O)c(Cl)c6)CC5)cn4)cccc32)Nn2c(C(N)=O)cnc21. The lowest BCUT2D eigenvalue weighted by atomic mass is 9.90. The van der Waals surface area contributed by atoms with E-state index in [-0.39, 0.29) is 18.0 Å². The standard InChI is InChI=1S/C39H43ClN10O4/c1-42-32-20-35(46-50-34(37(41)52)22-44-38(32)50)49-12-11-28-27(3-2-4-33(28)49)31-9-5-24(21-43-31)23-48-15-13-47(14-16-48)17-18-54-25-6-7-26(30(40)19-25)29-8-10-36(51)45-39(29)53/h2-7,9,19-22,29,35,42,46H,8,10-18,23H2,1H3,(H2,41,52)(H,45,51,53). The summed E-state index contributed by atoms with van der Waals surface area (Å²) in [4.78, 5) is 52.3. The third kappa shape index (κ3) is 7.11. The van der Waals surface area contributed by atoms with Crippen LogP contribution in [0.25, 0.3) is 17.0 Å². The van der Waals surface area contributed by atoms with E-state index in [1.54, 1.807) is 10.7 Å². The van der Waals surface area contributed by atoms with E-state index in [2.05, 4.69) is 72.2 Å². The van der Waals surface area contributed by atoms with Crippen LogP contribution in [-0.2, 0) is 22.6 Å². The van der Waals surface area contributed by atoms with E-state index >= 15 is 0 Å². The molecule has 4 aliphatic heterocycles. The van der Waals surface area contributed by atoms with Crippen LogP contribution in [-0.4, -0.2) is 101 Å². The molecule has 3 amide bonds. The number of carbonyl (C=O) groups is 3. The molecule has 8 rings (SSSR count). The number of anilines is 1. The number of hydrogen-bond acceptors (Lipinski definition) is 11. The minimum absolute atomic E-state index is 0.211. The number of ether oxygens (including phenoxy) is 1. The molecule has 54 heavy (non-hydrogen) atoms. The van der Waals surface area contributed by atoms with Crippen LogP contribution in [0, 0.1) is 0 Å². The lowest BCUT2D eigenvalue weighted by molar-refractivity contribution is -0.134. The maximum Gasteiger partial charge on any atom is 0.268 e. The van der Waals surface area contributed by atoms with Gasteiger partial charge in [-0.2, -0.15) is 0 Å². The average molecular weight is 751 g/mol. The number of fused-ring (bicyclic) bond motifs is 2. The predicted octanol–water partition coefficient (Wildman–Crippen LogP) is 2.92. The number of nitrogens with two attached hydrogens (primary N) is 1. The molecule has 0 saturated carbocycles. The number of amides is 3. The highest BCUT2D eigenvalue weighted by molar-refractivity contribution is 6.32. The first-order chi connectivity index (χ1) is 26.2. The van der Waals surface area contributed by atoms with Gasteiger partial charge in [-0.15, -0.1) is 0 Å². The number of hydrogen-bond donors (Lipinski definition) is 4. The van der Waals surface area contributed by atoms with Crippen molar-refractivity contribution in [3.05, 3.63) is 100 Å². The summed E-state index contributed by atoms with van der Waals surface area (Å²) in [5.41, 5.74) is 16.5. The number of halogens is 1. The van der Waals surface area contributed by atoms with Gasteiger partial charge in [-0.1, -0.05) is 35.9 Å². The van der Waals surface area contributed by atoms with E-state index < -0.39 is 11.8 Å². The largest absolute Gasteiger partial charge is 0.492 e. The molecule has 280 valence electrons. The van der Waals surface area contributed by atoms with Gasteiger partial charge in [-0.25, -0.2) is 9.66 Å². The Morgan fingerprint density at radius 1 is 1.02 bits per heavy atom. The first kappa shape index (κ1) is 35.6. The van der Waals surface area contributed by atoms with Gasteiger partial charge < -0.3 is 20.7 Å². The number of nitrogens with zero attached hydrogens (tertiary/aromatic N) is 6. The van der Waals surface area contributed by atoms with Crippen molar-refractivity contribution in [3.8, 4) is 17.0 Å². The molecular weight excluding hydrogens is 708 g/mol. The van der Waals surface area contributed by atoms with E-state index in [0.717, 1.165) is 80.4 Å². The zero-order chi connectivity index (χ0) is 37.3. The van der Waals surface area contributed by atoms with Gasteiger partial charge >= 0.3 is 0 Å². The molecule has 2 unspecified atom stereocenters. The molecule has 2 atom stereocenters. The predicted molar refractivity (Wildman–Crippen MR) is 205 cm³/mol. The lowest BCUT2D eigenvalue weighted by Gasteiger charge is -2.34. The number of piperidine rings is 1. The van der Waals surface area contributed by atoms with Crippen LogP contribution in [0.5, 0.6) is 5.75 Å². The van der Waals surface area contributed by atoms with Crippen molar-refractivity contribution in [2.24, 2.45) is 5.73 Å². The van der Waals surface area contributed by atoms with E-state index in [1.807, 2.05) is 25.4 Å². The van der Waals surface area contributed by atoms with Gasteiger partial charge in [0, 0.05) is 81.8 Å². The summed E-state index contributed by atoms with van der Waals surface area (Å²) < 4.78 is 7.68. The molecule has 2 aromatic heterocycles. The molecule has 4 aliphatic rings. The Morgan fingerprint density at radius 2 is 1.85 bits per heavy atom. The molecule has 14 nitrogen and oxygen atoms in total. The van der Waals surface area contributed by atoms with E-state index in [4.69, 9.17) is 27.1 Å². The van der Waals surface area contributed by atoms with Crippen LogP contribution in [0.15, 0.2) is 67.0 Å². The van der Waals surface area contributed by atoms with Gasteiger partial charge in [0.05, 0.1) is 23.5 Å². The lowest BCUT2D eigenvalue weighted by Crippen LogP contribution is -2.47. The van der Waals surface area contributed by atoms with Gasteiger partial charge in [0.25, 0.3) is 5.91 Å². The van der Waals surface area contributed by atoms with Crippen LogP contribution < -0.4 is 31.4 Å². The van der Waals surface area contributed by atoms with Gasteiger partial charge in [0.1, 0.15) is 24.2 Å². The molecular formula is C39H43ClN10O4. The van der Waals surface area contributed by atoms with Crippen molar-refractivity contribution in [2.45, 2.75) is 37.9 Å². The van der Waals surface area contributed by atoms with Gasteiger partial charge in [0.2, 0.25) is 11.8 Å². The Balaban J connectivity index is 0.831. The molecule has 0 spiro atoms. The summed E-state index contributed by atoms with van der Waals surface area (Å²) in [6, 6.07) is 16.1. The summed E-state index contributed by atoms with van der Waals surface area (Å²) >= 11 is 6.51. The molecule has 0 radical (unpaired) electrons. The highest BCUT2D eigenvalue weighted by atomic mass is 35.5. The Kier molecular flexibility index (Phi) is 9.97. The second-order valence-electron chi connectivity index (χ2n) is 14.0. The molecule has 2 saturated heterocycles. The molecule has 5 N–H and O–H groups in total. The van der Waals surface area contributed by atoms with Crippen LogP contribution >= 0.6 is 11.6 Å². The van der Waals surface area contributed by atoms with E-state index in [1.165, 1.54) is 17.3 Å². The number of rotatable bonds is 11. The average Bonchev–Trinajstić information content (AvgIpc) is 3.81. The fourth-order valence-electron chi connectivity index (χ4n) is 7.86. The van der Waals surface area contributed by atoms with Crippen molar-refractivity contribution in [1.82, 2.24) is 35.1 Å². The number of imide groups is 1. The van der Waals surface area contributed by atoms with Gasteiger partial charge in [-0.3, -0.25) is 39.9 Å². The number of nitrogens with one attached hydrogen (secondary N) is 3. The number of imidazole rings is 1. The van der Waals surface area contributed by atoms with Crippen molar-refractivity contribution >= 4 is 40.7 Å². The van der Waals surface area contributed by atoms with E-state index in [9.17, 15) is 14.4 Å². The van der Waals surface area contributed by atoms with Crippen molar-refractivity contribution < 1.29 is 19.1 Å². The normalized spacial score (nSPS) is 20.1.